The highest BCUT2D eigenvalue weighted by molar-refractivity contribution is 8.26. The summed E-state index contributed by atoms with van der Waals surface area (Å²) in [4.78, 5) is 29.2. The van der Waals surface area contributed by atoms with E-state index in [1.165, 1.54) is 16.7 Å². The van der Waals surface area contributed by atoms with Crippen LogP contribution in [0.15, 0.2) is 59.5 Å². The molecule has 0 N–H and O–H groups in total. The number of thioether (sulfide) groups is 1. The van der Waals surface area contributed by atoms with Crippen molar-refractivity contribution in [2.75, 3.05) is 18.0 Å². The molecular weight excluding hydrogens is 450 g/mol. The van der Waals surface area contributed by atoms with Crippen molar-refractivity contribution in [1.82, 2.24) is 4.90 Å². The Kier molecular flexibility index (Phi) is 8.24. The molecule has 1 saturated heterocycles. The Labute approximate surface area is 196 Å². The van der Waals surface area contributed by atoms with E-state index >= 15 is 0 Å². The third-order valence-corrected chi connectivity index (χ3v) is 6.38. The molecule has 158 valence electrons. The van der Waals surface area contributed by atoms with Crippen LogP contribution in [-0.2, 0) is 9.59 Å². The molecule has 5 nitrogen and oxygen atoms in total. The van der Waals surface area contributed by atoms with Crippen molar-refractivity contribution in [1.29, 1.82) is 5.26 Å². The number of benzene rings is 2. The van der Waals surface area contributed by atoms with E-state index in [2.05, 4.69) is 6.07 Å². The number of halogens is 1. The molecule has 0 atom stereocenters. The minimum Gasteiger partial charge on any atom is -0.311 e. The first-order valence-corrected chi connectivity index (χ1v) is 11.3. The lowest BCUT2D eigenvalue weighted by atomic mass is 10.2. The minimum atomic E-state index is -0.174. The second-order valence-corrected chi connectivity index (χ2v) is 8.83. The first-order valence-electron chi connectivity index (χ1n) is 9.73. The number of nitriles is 1. The van der Waals surface area contributed by atoms with E-state index in [-0.39, 0.29) is 24.7 Å². The van der Waals surface area contributed by atoms with Crippen molar-refractivity contribution in [2.24, 2.45) is 0 Å². The maximum atomic E-state index is 12.8. The molecule has 1 fully saturated rings. The van der Waals surface area contributed by atoms with E-state index in [1.54, 1.807) is 17.0 Å². The molecule has 0 aromatic heterocycles. The normalized spacial score (nSPS) is 14.7. The average Bonchev–Trinajstić information content (AvgIpc) is 3.03. The molecule has 1 heterocycles. The molecule has 3 rings (SSSR count). The summed E-state index contributed by atoms with van der Waals surface area (Å²) in [5, 5.41) is 9.47. The smallest absolute Gasteiger partial charge is 0.266 e. The van der Waals surface area contributed by atoms with E-state index in [1.807, 2.05) is 48.5 Å². The molecule has 0 saturated carbocycles. The van der Waals surface area contributed by atoms with Crippen molar-refractivity contribution in [3.8, 4) is 6.07 Å². The summed E-state index contributed by atoms with van der Waals surface area (Å²) < 4.78 is 0.472. The van der Waals surface area contributed by atoms with Crippen molar-refractivity contribution >= 4 is 63.5 Å². The average molecular weight is 470 g/mol. The Morgan fingerprint density at radius 1 is 1.19 bits per heavy atom. The summed E-state index contributed by atoms with van der Waals surface area (Å²) in [6.45, 7) is 0.693. The first kappa shape index (κ1) is 23.0. The van der Waals surface area contributed by atoms with Gasteiger partial charge in [0.2, 0.25) is 5.91 Å². The summed E-state index contributed by atoms with van der Waals surface area (Å²) in [6, 6.07) is 18.7. The molecule has 0 bridgehead atoms. The van der Waals surface area contributed by atoms with Crippen molar-refractivity contribution < 1.29 is 9.59 Å². The number of nitrogens with zero attached hydrogens (tertiary/aromatic N) is 3. The SMILES string of the molecule is N#CCCN(C(=O)CCCN1C(=O)/C(=C/c2ccccc2Cl)SC1=S)c1ccccc1. The molecule has 8 heteroatoms. The van der Waals surface area contributed by atoms with Crippen LogP contribution in [0.1, 0.15) is 24.8 Å². The van der Waals surface area contributed by atoms with Gasteiger partial charge >= 0.3 is 0 Å². The topological polar surface area (TPSA) is 64.4 Å². The van der Waals surface area contributed by atoms with Gasteiger partial charge in [-0.1, -0.05) is 72.0 Å². The van der Waals surface area contributed by atoms with Gasteiger partial charge in [-0.25, -0.2) is 0 Å². The summed E-state index contributed by atoms with van der Waals surface area (Å²) in [5.41, 5.74) is 1.52. The minimum absolute atomic E-state index is 0.0847. The Morgan fingerprint density at radius 2 is 1.90 bits per heavy atom. The number of hydrogen-bond acceptors (Lipinski definition) is 5. The van der Waals surface area contributed by atoms with Gasteiger partial charge in [-0.3, -0.25) is 14.5 Å². The summed E-state index contributed by atoms with van der Waals surface area (Å²) in [5.74, 6) is -0.259. The lowest BCUT2D eigenvalue weighted by Gasteiger charge is -2.22. The van der Waals surface area contributed by atoms with Crippen LogP contribution in [0.2, 0.25) is 5.02 Å². The number of hydrogen-bond donors (Lipinski definition) is 0. The fourth-order valence-electron chi connectivity index (χ4n) is 3.12. The summed E-state index contributed by atoms with van der Waals surface area (Å²) in [6.07, 6.45) is 2.72. The van der Waals surface area contributed by atoms with E-state index in [9.17, 15) is 9.59 Å². The number of carbonyl (C=O) groups is 2. The predicted molar refractivity (Wildman–Crippen MR) is 130 cm³/mol. The number of amides is 2. The molecular formula is C23H20ClN3O2S2. The van der Waals surface area contributed by atoms with Gasteiger partial charge in [0.15, 0.2) is 0 Å². The third-order valence-electron chi connectivity index (χ3n) is 4.65. The highest BCUT2D eigenvalue weighted by atomic mass is 35.5. The number of para-hydroxylation sites is 1. The lowest BCUT2D eigenvalue weighted by molar-refractivity contribution is -0.123. The second kappa shape index (κ2) is 11.1. The van der Waals surface area contributed by atoms with E-state index in [4.69, 9.17) is 29.1 Å². The molecule has 2 aromatic rings. The van der Waals surface area contributed by atoms with Gasteiger partial charge in [-0.2, -0.15) is 5.26 Å². The van der Waals surface area contributed by atoms with E-state index in [0.29, 0.717) is 33.8 Å². The summed E-state index contributed by atoms with van der Waals surface area (Å²) in [7, 11) is 0. The van der Waals surface area contributed by atoms with Crippen molar-refractivity contribution in [3.05, 3.63) is 70.1 Å². The Balaban J connectivity index is 1.61. The molecule has 2 aromatic carbocycles. The van der Waals surface area contributed by atoms with Crippen LogP contribution in [-0.4, -0.2) is 34.1 Å². The Bertz CT molecular complexity index is 1050. The highest BCUT2D eigenvalue weighted by Gasteiger charge is 2.32. The highest BCUT2D eigenvalue weighted by Crippen LogP contribution is 2.34. The van der Waals surface area contributed by atoms with Crippen LogP contribution in [0.25, 0.3) is 6.08 Å². The lowest BCUT2D eigenvalue weighted by Crippen LogP contribution is -2.33. The van der Waals surface area contributed by atoms with Gasteiger partial charge in [0.25, 0.3) is 5.91 Å². The van der Waals surface area contributed by atoms with Gasteiger partial charge in [0.1, 0.15) is 4.32 Å². The fourth-order valence-corrected chi connectivity index (χ4v) is 4.61. The predicted octanol–water partition coefficient (Wildman–Crippen LogP) is 5.27. The van der Waals surface area contributed by atoms with Crippen LogP contribution in [0, 0.1) is 11.3 Å². The molecule has 0 radical (unpaired) electrons. The number of anilines is 1. The van der Waals surface area contributed by atoms with Crippen molar-refractivity contribution in [3.63, 3.8) is 0 Å². The van der Waals surface area contributed by atoms with Gasteiger partial charge in [-0.15, -0.1) is 0 Å². The molecule has 1 aliphatic heterocycles. The first-order chi connectivity index (χ1) is 15.0. The molecule has 2 amide bonds. The van der Waals surface area contributed by atoms with Crippen LogP contribution in [0.4, 0.5) is 5.69 Å². The van der Waals surface area contributed by atoms with Gasteiger partial charge in [-0.05, 0) is 36.3 Å². The quantitative estimate of drug-likeness (QED) is 0.389. The maximum absolute atomic E-state index is 12.8. The van der Waals surface area contributed by atoms with E-state index < -0.39 is 0 Å². The maximum Gasteiger partial charge on any atom is 0.266 e. The Morgan fingerprint density at radius 3 is 2.61 bits per heavy atom. The zero-order chi connectivity index (χ0) is 22.2. The van der Waals surface area contributed by atoms with Gasteiger partial charge in [0.05, 0.1) is 17.4 Å². The van der Waals surface area contributed by atoms with Crippen LogP contribution < -0.4 is 4.90 Å². The van der Waals surface area contributed by atoms with Crippen LogP contribution in [0.3, 0.4) is 0 Å². The molecule has 0 spiro atoms. The number of thiocarbonyl (C=S) groups is 1. The van der Waals surface area contributed by atoms with Crippen LogP contribution >= 0.6 is 35.6 Å². The van der Waals surface area contributed by atoms with Gasteiger partial charge in [0, 0.05) is 30.2 Å². The number of rotatable bonds is 8. The van der Waals surface area contributed by atoms with Crippen molar-refractivity contribution in [2.45, 2.75) is 19.3 Å². The zero-order valence-electron chi connectivity index (χ0n) is 16.7. The fraction of sp³-hybridized carbons (Fsp3) is 0.217. The molecule has 31 heavy (non-hydrogen) atoms. The van der Waals surface area contributed by atoms with Crippen LogP contribution in [0.5, 0.6) is 0 Å². The summed E-state index contributed by atoms with van der Waals surface area (Å²) >= 11 is 12.8. The largest absolute Gasteiger partial charge is 0.311 e. The molecule has 0 aliphatic carbocycles. The third kappa shape index (κ3) is 5.95. The second-order valence-electron chi connectivity index (χ2n) is 6.75. The standard InChI is InChI=1S/C23H20ClN3O2S2/c24-19-11-5-4-8-17(19)16-20-22(29)27(23(30)31-20)14-6-12-21(28)26(15-7-13-25)18-9-2-1-3-10-18/h1-5,8-11,16H,6-7,12,14-15H2/b20-16-. The Hall–Kier alpha value is -2.66. The monoisotopic (exact) mass is 469 g/mol. The number of carbonyl (C=O) groups excluding carboxylic acids is 2. The van der Waals surface area contributed by atoms with E-state index in [0.717, 1.165) is 11.3 Å². The molecule has 1 aliphatic rings. The van der Waals surface area contributed by atoms with Gasteiger partial charge < -0.3 is 4.90 Å². The molecule has 0 unspecified atom stereocenters. The zero-order valence-corrected chi connectivity index (χ0v) is 19.1.